The molecule has 1 aromatic heterocycles. The first-order valence-corrected chi connectivity index (χ1v) is 6.53. The second kappa shape index (κ2) is 4.74. The van der Waals surface area contributed by atoms with E-state index in [0.717, 1.165) is 0 Å². The molecule has 1 aliphatic carbocycles. The first-order chi connectivity index (χ1) is 9.53. The lowest BCUT2D eigenvalue weighted by molar-refractivity contribution is 0.0851. The number of alkyl halides is 2. The molecular weight excluding hydrogens is 288 g/mol. The third kappa shape index (κ3) is 2.26. The van der Waals surface area contributed by atoms with Gasteiger partial charge in [0.1, 0.15) is 0 Å². The van der Waals surface area contributed by atoms with Crippen molar-refractivity contribution < 1.29 is 18.3 Å². The van der Waals surface area contributed by atoms with Gasteiger partial charge in [0.15, 0.2) is 0 Å². The molecule has 1 fully saturated rings. The number of pyridine rings is 1. The molecule has 0 N–H and O–H groups in total. The summed E-state index contributed by atoms with van der Waals surface area (Å²) in [4.78, 5) is 4.27. The third-order valence-corrected chi connectivity index (χ3v) is 3.71. The van der Waals surface area contributed by atoms with Gasteiger partial charge < -0.3 is 9.47 Å². The summed E-state index contributed by atoms with van der Waals surface area (Å²) in [5.74, 6) is -2.95. The first kappa shape index (κ1) is 13.4. The number of halogens is 3. The Bertz CT molecular complexity index is 663. The zero-order valence-electron chi connectivity index (χ0n) is 10.7. The molecule has 20 heavy (non-hydrogen) atoms. The molecule has 1 heterocycles. The zero-order chi connectivity index (χ0) is 14.3. The summed E-state index contributed by atoms with van der Waals surface area (Å²) >= 11 is 6.27. The number of nitrogens with zero attached hydrogens (tertiary/aromatic N) is 1. The highest BCUT2D eigenvalue weighted by Crippen LogP contribution is 2.49. The number of para-hydroxylation sites is 1. The Morgan fingerprint density at radius 2 is 2.10 bits per heavy atom. The maximum Gasteiger partial charge on any atom is 0.258 e. The highest BCUT2D eigenvalue weighted by Gasteiger charge is 2.57. The van der Waals surface area contributed by atoms with E-state index in [9.17, 15) is 8.78 Å². The fourth-order valence-electron chi connectivity index (χ4n) is 2.03. The van der Waals surface area contributed by atoms with Gasteiger partial charge in [0.25, 0.3) is 11.8 Å². The van der Waals surface area contributed by atoms with Crippen LogP contribution in [0.3, 0.4) is 0 Å². The Morgan fingerprint density at radius 1 is 1.40 bits per heavy atom. The van der Waals surface area contributed by atoms with Gasteiger partial charge in [-0.15, -0.1) is 0 Å². The van der Waals surface area contributed by atoms with Crippen molar-refractivity contribution in [2.24, 2.45) is 5.92 Å². The number of fused-ring (bicyclic) bond motifs is 1. The number of benzene rings is 1. The lowest BCUT2D eigenvalue weighted by atomic mass is 10.2. The van der Waals surface area contributed by atoms with E-state index in [1.165, 1.54) is 7.11 Å². The van der Waals surface area contributed by atoms with Crippen molar-refractivity contribution in [3.05, 3.63) is 29.3 Å². The summed E-state index contributed by atoms with van der Waals surface area (Å²) in [6.45, 7) is -0.0941. The van der Waals surface area contributed by atoms with Crippen LogP contribution >= 0.6 is 11.6 Å². The Labute approximate surface area is 119 Å². The van der Waals surface area contributed by atoms with E-state index in [4.69, 9.17) is 21.1 Å². The predicted octanol–water partition coefficient (Wildman–Crippen LogP) is 3.93. The molecule has 0 bridgehead atoms. The van der Waals surface area contributed by atoms with Crippen molar-refractivity contribution in [2.45, 2.75) is 12.3 Å². The van der Waals surface area contributed by atoms with Crippen LogP contribution in [0.4, 0.5) is 8.78 Å². The summed E-state index contributed by atoms with van der Waals surface area (Å²) in [6, 6.07) is 7.24. The predicted molar refractivity (Wildman–Crippen MR) is 71.9 cm³/mol. The molecule has 106 valence electrons. The van der Waals surface area contributed by atoms with Crippen LogP contribution < -0.4 is 9.47 Å². The topological polar surface area (TPSA) is 31.4 Å². The minimum atomic E-state index is -2.62. The quantitative estimate of drug-likeness (QED) is 0.857. The van der Waals surface area contributed by atoms with Gasteiger partial charge in [-0.2, -0.15) is 0 Å². The van der Waals surface area contributed by atoms with E-state index in [1.807, 2.05) is 12.1 Å². The lowest BCUT2D eigenvalue weighted by Gasteiger charge is -2.13. The summed E-state index contributed by atoms with van der Waals surface area (Å²) < 4.78 is 36.3. The molecule has 0 amide bonds. The largest absolute Gasteiger partial charge is 0.486 e. The molecule has 1 aromatic carbocycles. The Hall–Kier alpha value is -1.62. The number of aromatic nitrogens is 1. The van der Waals surface area contributed by atoms with Crippen molar-refractivity contribution in [1.82, 2.24) is 4.98 Å². The fourth-order valence-corrected chi connectivity index (χ4v) is 2.33. The number of rotatable bonds is 4. The highest BCUT2D eigenvalue weighted by atomic mass is 35.5. The maximum absolute atomic E-state index is 12.9. The minimum absolute atomic E-state index is 0.0941. The average Bonchev–Trinajstić information content (AvgIpc) is 3.05. The molecule has 1 atom stereocenters. The van der Waals surface area contributed by atoms with E-state index in [0.29, 0.717) is 15.9 Å². The first-order valence-electron chi connectivity index (χ1n) is 6.16. The molecule has 0 spiro atoms. The van der Waals surface area contributed by atoms with Crippen LogP contribution in [0.5, 0.6) is 11.6 Å². The van der Waals surface area contributed by atoms with Crippen LogP contribution in [-0.4, -0.2) is 24.6 Å². The van der Waals surface area contributed by atoms with Crippen LogP contribution in [0.25, 0.3) is 10.9 Å². The second-order valence-electron chi connectivity index (χ2n) is 4.75. The van der Waals surface area contributed by atoms with Crippen molar-refractivity contribution in [1.29, 1.82) is 0 Å². The molecule has 1 saturated carbocycles. The molecule has 6 heteroatoms. The number of hydrogen-bond donors (Lipinski definition) is 0. The standard InChI is InChI=1S/C14H12ClF2NO2/c1-19-13-12(20-7-8-6-14(8,16)17)11(15)9-4-2-3-5-10(9)18-13/h2-5,8H,6-7H2,1H3. The van der Waals surface area contributed by atoms with Crippen molar-refractivity contribution in [2.75, 3.05) is 13.7 Å². The SMILES string of the molecule is COc1nc2ccccc2c(Cl)c1OCC1CC1(F)F. The van der Waals surface area contributed by atoms with Crippen molar-refractivity contribution in [3.63, 3.8) is 0 Å². The van der Waals surface area contributed by atoms with Gasteiger partial charge in [-0.25, -0.2) is 13.8 Å². The van der Waals surface area contributed by atoms with Crippen LogP contribution in [-0.2, 0) is 0 Å². The van der Waals surface area contributed by atoms with Gasteiger partial charge >= 0.3 is 0 Å². The number of methoxy groups -OCH3 is 1. The van der Waals surface area contributed by atoms with E-state index in [1.54, 1.807) is 12.1 Å². The molecule has 0 saturated heterocycles. The zero-order valence-corrected chi connectivity index (χ0v) is 11.5. The van der Waals surface area contributed by atoms with Crippen molar-refractivity contribution >= 4 is 22.5 Å². The monoisotopic (exact) mass is 299 g/mol. The number of hydrogen-bond acceptors (Lipinski definition) is 3. The fraction of sp³-hybridized carbons (Fsp3) is 0.357. The Kier molecular flexibility index (Phi) is 3.17. The number of ether oxygens (including phenoxy) is 2. The molecule has 1 unspecified atom stereocenters. The smallest absolute Gasteiger partial charge is 0.258 e. The normalized spacial score (nSPS) is 19.9. The average molecular weight is 300 g/mol. The highest BCUT2D eigenvalue weighted by molar-refractivity contribution is 6.37. The van der Waals surface area contributed by atoms with E-state index in [2.05, 4.69) is 4.98 Å². The van der Waals surface area contributed by atoms with Crippen LogP contribution in [0.2, 0.25) is 5.02 Å². The molecule has 0 aliphatic heterocycles. The molecule has 3 nitrogen and oxygen atoms in total. The summed E-state index contributed by atoms with van der Waals surface area (Å²) in [5, 5.41) is 1.03. The van der Waals surface area contributed by atoms with Gasteiger partial charge in [-0.3, -0.25) is 0 Å². The second-order valence-corrected chi connectivity index (χ2v) is 5.13. The summed E-state index contributed by atoms with van der Waals surface area (Å²) in [5.41, 5.74) is 0.665. The van der Waals surface area contributed by atoms with E-state index in [-0.39, 0.29) is 24.7 Å². The van der Waals surface area contributed by atoms with Gasteiger partial charge in [-0.05, 0) is 6.07 Å². The minimum Gasteiger partial charge on any atom is -0.486 e. The molecule has 3 rings (SSSR count). The molecule has 0 radical (unpaired) electrons. The van der Waals surface area contributed by atoms with Crippen LogP contribution in [0, 0.1) is 5.92 Å². The third-order valence-electron chi connectivity index (χ3n) is 3.33. The van der Waals surface area contributed by atoms with Crippen molar-refractivity contribution in [3.8, 4) is 11.6 Å². The van der Waals surface area contributed by atoms with Crippen LogP contribution in [0.1, 0.15) is 6.42 Å². The van der Waals surface area contributed by atoms with Gasteiger partial charge in [0, 0.05) is 11.8 Å². The van der Waals surface area contributed by atoms with Crippen LogP contribution in [0.15, 0.2) is 24.3 Å². The maximum atomic E-state index is 12.9. The van der Waals surface area contributed by atoms with Gasteiger partial charge in [0.2, 0.25) is 5.75 Å². The molecule has 2 aromatic rings. The Balaban J connectivity index is 1.94. The Morgan fingerprint density at radius 3 is 2.75 bits per heavy atom. The van der Waals surface area contributed by atoms with E-state index < -0.39 is 11.8 Å². The summed E-state index contributed by atoms with van der Waals surface area (Å²) in [6.07, 6.45) is -0.145. The molecular formula is C14H12ClF2NO2. The summed E-state index contributed by atoms with van der Waals surface area (Å²) in [7, 11) is 1.44. The van der Waals surface area contributed by atoms with Gasteiger partial charge in [-0.1, -0.05) is 29.8 Å². The molecule has 1 aliphatic rings. The van der Waals surface area contributed by atoms with Gasteiger partial charge in [0.05, 0.1) is 30.2 Å². The van der Waals surface area contributed by atoms with E-state index >= 15 is 0 Å². The lowest BCUT2D eigenvalue weighted by Crippen LogP contribution is -2.07.